The van der Waals surface area contributed by atoms with Crippen molar-refractivity contribution in [1.82, 2.24) is 4.90 Å². The van der Waals surface area contributed by atoms with Crippen molar-refractivity contribution < 1.29 is 19.1 Å². The third-order valence-electron chi connectivity index (χ3n) is 3.81. The summed E-state index contributed by atoms with van der Waals surface area (Å²) in [6, 6.07) is 1.72. The van der Waals surface area contributed by atoms with Crippen molar-refractivity contribution in [2.45, 2.75) is 39.0 Å². The van der Waals surface area contributed by atoms with E-state index >= 15 is 0 Å². The van der Waals surface area contributed by atoms with Gasteiger partial charge in [-0.1, -0.05) is 13.8 Å². The number of carbonyl (C=O) groups excluding carboxylic acids is 1. The van der Waals surface area contributed by atoms with Crippen LogP contribution in [-0.2, 0) is 4.79 Å². The van der Waals surface area contributed by atoms with E-state index in [4.69, 9.17) is 9.52 Å². The molecule has 5 heteroatoms. The molecule has 110 valence electrons. The fourth-order valence-electron chi connectivity index (χ4n) is 2.70. The highest BCUT2D eigenvalue weighted by atomic mass is 16.4. The number of nitrogens with zero attached hydrogens (tertiary/aromatic N) is 1. The third-order valence-corrected chi connectivity index (χ3v) is 3.81. The Labute approximate surface area is 118 Å². The predicted octanol–water partition coefficient (Wildman–Crippen LogP) is 2.73. The van der Waals surface area contributed by atoms with E-state index in [1.165, 1.54) is 0 Å². The Bertz CT molecular complexity index is 484. The number of furan rings is 1. The van der Waals surface area contributed by atoms with Crippen LogP contribution < -0.4 is 0 Å². The molecule has 0 aliphatic carbocycles. The molecule has 20 heavy (non-hydrogen) atoms. The van der Waals surface area contributed by atoms with E-state index in [9.17, 15) is 9.59 Å². The minimum Gasteiger partial charge on any atom is -0.481 e. The van der Waals surface area contributed by atoms with E-state index < -0.39 is 5.97 Å². The molecule has 1 aromatic rings. The molecule has 1 aliphatic rings. The first-order valence-corrected chi connectivity index (χ1v) is 7.07. The number of carbonyl (C=O) groups is 2. The van der Waals surface area contributed by atoms with Crippen LogP contribution in [0.1, 0.15) is 55.1 Å². The van der Waals surface area contributed by atoms with Crippen LogP contribution >= 0.6 is 0 Å². The average Bonchev–Trinajstić information content (AvgIpc) is 2.87. The lowest BCUT2D eigenvalue weighted by molar-refractivity contribution is -0.138. The zero-order valence-corrected chi connectivity index (χ0v) is 12.0. The Hall–Kier alpha value is -1.78. The maximum Gasteiger partial charge on any atom is 0.303 e. The molecule has 1 saturated heterocycles. The Morgan fingerprint density at radius 1 is 1.40 bits per heavy atom. The van der Waals surface area contributed by atoms with E-state index in [1.807, 2.05) is 13.8 Å². The van der Waals surface area contributed by atoms with Crippen LogP contribution in [0.4, 0.5) is 0 Å². The molecule has 1 aliphatic heterocycles. The highest BCUT2D eigenvalue weighted by Gasteiger charge is 2.27. The molecule has 1 aromatic heterocycles. The van der Waals surface area contributed by atoms with Gasteiger partial charge in [-0.3, -0.25) is 9.59 Å². The van der Waals surface area contributed by atoms with Crippen molar-refractivity contribution in [3.05, 3.63) is 23.7 Å². The summed E-state index contributed by atoms with van der Waals surface area (Å²) < 4.78 is 5.39. The predicted molar refractivity (Wildman–Crippen MR) is 73.7 cm³/mol. The Morgan fingerprint density at radius 3 is 2.60 bits per heavy atom. The molecule has 0 aromatic carbocycles. The van der Waals surface area contributed by atoms with Gasteiger partial charge in [-0.25, -0.2) is 0 Å². The van der Waals surface area contributed by atoms with Crippen molar-refractivity contribution in [2.75, 3.05) is 13.1 Å². The molecule has 1 fully saturated rings. The van der Waals surface area contributed by atoms with Gasteiger partial charge in [0.15, 0.2) is 0 Å². The normalized spacial score (nSPS) is 16.6. The van der Waals surface area contributed by atoms with Gasteiger partial charge in [0, 0.05) is 25.4 Å². The van der Waals surface area contributed by atoms with Crippen LogP contribution in [-0.4, -0.2) is 35.0 Å². The van der Waals surface area contributed by atoms with E-state index in [1.54, 1.807) is 17.2 Å². The molecule has 1 amide bonds. The molecule has 1 N–H and O–H groups in total. The number of aliphatic carboxylic acids is 1. The number of carboxylic acids is 1. The maximum atomic E-state index is 12.5. The van der Waals surface area contributed by atoms with Gasteiger partial charge >= 0.3 is 5.97 Å². The van der Waals surface area contributed by atoms with Gasteiger partial charge < -0.3 is 14.4 Å². The zero-order valence-electron chi connectivity index (χ0n) is 12.0. The van der Waals surface area contributed by atoms with Gasteiger partial charge in [0.25, 0.3) is 5.91 Å². The Morgan fingerprint density at radius 2 is 2.05 bits per heavy atom. The van der Waals surface area contributed by atoms with Crippen molar-refractivity contribution in [1.29, 1.82) is 0 Å². The average molecular weight is 279 g/mol. The zero-order chi connectivity index (χ0) is 14.7. The second kappa shape index (κ2) is 6.11. The van der Waals surface area contributed by atoms with Crippen molar-refractivity contribution >= 4 is 11.9 Å². The number of rotatable bonds is 4. The Kier molecular flexibility index (Phi) is 4.47. The van der Waals surface area contributed by atoms with Crippen molar-refractivity contribution in [2.24, 2.45) is 5.92 Å². The molecule has 0 unspecified atom stereocenters. The van der Waals surface area contributed by atoms with E-state index in [0.717, 1.165) is 18.6 Å². The number of likely N-dealkylation sites (tertiary alicyclic amines) is 1. The highest BCUT2D eigenvalue weighted by Crippen LogP contribution is 2.25. The summed E-state index contributed by atoms with van der Waals surface area (Å²) in [5.41, 5.74) is 0.636. The number of hydrogen-bond donors (Lipinski definition) is 1. The summed E-state index contributed by atoms with van der Waals surface area (Å²) >= 11 is 0. The molecule has 2 rings (SSSR count). The number of amides is 1. The van der Waals surface area contributed by atoms with Gasteiger partial charge in [-0.05, 0) is 24.8 Å². The molecule has 0 atom stereocenters. The second-order valence-corrected chi connectivity index (χ2v) is 5.69. The van der Waals surface area contributed by atoms with Crippen molar-refractivity contribution in [3.63, 3.8) is 0 Å². The molecule has 0 saturated carbocycles. The highest BCUT2D eigenvalue weighted by molar-refractivity contribution is 5.95. The summed E-state index contributed by atoms with van der Waals surface area (Å²) in [7, 11) is 0. The number of carboxylic acid groups (broad SMARTS) is 1. The topological polar surface area (TPSA) is 70.8 Å². The fourth-order valence-corrected chi connectivity index (χ4v) is 2.70. The summed E-state index contributed by atoms with van der Waals surface area (Å²) in [4.78, 5) is 25.0. The minimum absolute atomic E-state index is 0.00350. The van der Waals surface area contributed by atoms with Crippen LogP contribution in [0.5, 0.6) is 0 Å². The molecule has 0 bridgehead atoms. The first-order chi connectivity index (χ1) is 9.49. The van der Waals surface area contributed by atoms with Crippen molar-refractivity contribution in [3.8, 4) is 0 Å². The quantitative estimate of drug-likeness (QED) is 0.920. The first kappa shape index (κ1) is 14.6. The fraction of sp³-hybridized carbons (Fsp3) is 0.600. The standard InChI is InChI=1S/C15H21NO4/c1-10(2)14-12(5-8-20-14)15(19)16-6-3-11(4-7-16)9-13(17)18/h5,8,10-11H,3-4,6-7,9H2,1-2H3,(H,17,18). The second-order valence-electron chi connectivity index (χ2n) is 5.69. The van der Waals surface area contributed by atoms with E-state index in [-0.39, 0.29) is 24.2 Å². The monoisotopic (exact) mass is 279 g/mol. The lowest BCUT2D eigenvalue weighted by Gasteiger charge is -2.31. The van der Waals surface area contributed by atoms with Gasteiger partial charge in [0.1, 0.15) is 5.76 Å². The van der Waals surface area contributed by atoms with E-state index in [0.29, 0.717) is 18.7 Å². The minimum atomic E-state index is -0.758. The van der Waals surface area contributed by atoms with E-state index in [2.05, 4.69) is 0 Å². The van der Waals surface area contributed by atoms with Gasteiger partial charge in [-0.15, -0.1) is 0 Å². The lowest BCUT2D eigenvalue weighted by Crippen LogP contribution is -2.39. The molecular formula is C15H21NO4. The van der Waals surface area contributed by atoms with Crippen LogP contribution in [0.3, 0.4) is 0 Å². The summed E-state index contributed by atoms with van der Waals surface area (Å²) in [5, 5.41) is 8.80. The van der Waals surface area contributed by atoms with Gasteiger partial charge in [0.2, 0.25) is 0 Å². The molecule has 0 spiro atoms. The molecule has 5 nitrogen and oxygen atoms in total. The van der Waals surface area contributed by atoms with Crippen LogP contribution in [0, 0.1) is 5.92 Å². The first-order valence-electron chi connectivity index (χ1n) is 7.07. The largest absolute Gasteiger partial charge is 0.481 e. The SMILES string of the molecule is CC(C)c1occc1C(=O)N1CCC(CC(=O)O)CC1. The lowest BCUT2D eigenvalue weighted by atomic mass is 9.93. The van der Waals surface area contributed by atoms with Crippen LogP contribution in [0.25, 0.3) is 0 Å². The number of hydrogen-bond acceptors (Lipinski definition) is 3. The summed E-state index contributed by atoms with van der Waals surface area (Å²) in [6.07, 6.45) is 3.27. The summed E-state index contributed by atoms with van der Waals surface area (Å²) in [6.45, 7) is 5.24. The third kappa shape index (κ3) is 3.21. The maximum absolute atomic E-state index is 12.5. The van der Waals surface area contributed by atoms with Crippen LogP contribution in [0.2, 0.25) is 0 Å². The van der Waals surface area contributed by atoms with Crippen LogP contribution in [0.15, 0.2) is 16.7 Å². The van der Waals surface area contributed by atoms with Gasteiger partial charge in [0.05, 0.1) is 11.8 Å². The summed E-state index contributed by atoms with van der Waals surface area (Å²) in [5.74, 6) is 0.324. The molecule has 0 radical (unpaired) electrons. The number of piperidine rings is 1. The Balaban J connectivity index is 1.98. The molecule has 2 heterocycles. The molecular weight excluding hydrogens is 258 g/mol. The van der Waals surface area contributed by atoms with Gasteiger partial charge in [-0.2, -0.15) is 0 Å². The smallest absolute Gasteiger partial charge is 0.303 e.